The molecule has 0 aromatic heterocycles. The molecule has 0 radical (unpaired) electrons. The van der Waals surface area contributed by atoms with E-state index in [1.165, 1.54) is 0 Å². The number of halogens is 1. The van der Waals surface area contributed by atoms with Crippen molar-refractivity contribution in [2.75, 3.05) is 13.2 Å². The topological polar surface area (TPSA) is 38.0 Å². The highest BCUT2D eigenvalue weighted by Crippen LogP contribution is 1.92. The number of unbranched alkanes of at least 4 members (excludes halogenated alkanes) is 2. The zero-order valence-corrected chi connectivity index (χ0v) is 4.99. The third kappa shape index (κ3) is 5.85. The predicted octanol–water partition coefficient (Wildman–Crippen LogP) is 0.589. The number of alkyl halides is 1. The Hall–Kier alpha value is -0.150. The molecule has 8 heavy (non-hydrogen) atoms. The minimum atomic E-state index is -0.204. The van der Waals surface area contributed by atoms with Crippen LogP contribution in [0.4, 0.5) is 4.39 Å². The van der Waals surface area contributed by atoms with Crippen molar-refractivity contribution in [3.05, 3.63) is 0 Å². The van der Waals surface area contributed by atoms with Gasteiger partial charge >= 0.3 is 0 Å². The number of nitrogens with one attached hydrogen (secondary N) is 1. The van der Waals surface area contributed by atoms with Crippen LogP contribution in [0.15, 0.2) is 0 Å². The fraction of sp³-hybridized carbons (Fsp3) is 1.00. The van der Waals surface area contributed by atoms with Crippen molar-refractivity contribution in [3.63, 3.8) is 0 Å². The lowest BCUT2D eigenvalue weighted by molar-refractivity contribution is 0.453. The van der Waals surface area contributed by atoms with E-state index in [1.54, 1.807) is 0 Å². The Balaban J connectivity index is 2.53. The van der Waals surface area contributed by atoms with Gasteiger partial charge in [0.05, 0.1) is 6.67 Å². The maximum absolute atomic E-state index is 11.4. The van der Waals surface area contributed by atoms with Crippen molar-refractivity contribution in [2.24, 2.45) is 5.84 Å². The second kappa shape index (κ2) is 6.85. The molecule has 0 aromatic carbocycles. The van der Waals surface area contributed by atoms with Crippen molar-refractivity contribution in [1.82, 2.24) is 5.43 Å². The van der Waals surface area contributed by atoms with Gasteiger partial charge in [-0.15, -0.1) is 0 Å². The second-order valence-corrected chi connectivity index (χ2v) is 1.70. The molecular weight excluding hydrogens is 107 g/mol. The quantitative estimate of drug-likeness (QED) is 0.316. The Morgan fingerprint density at radius 2 is 2.00 bits per heavy atom. The van der Waals surface area contributed by atoms with Gasteiger partial charge in [0, 0.05) is 6.54 Å². The SMILES string of the molecule is NNCCCCCF. The van der Waals surface area contributed by atoms with E-state index in [-0.39, 0.29) is 6.67 Å². The van der Waals surface area contributed by atoms with Crippen LogP contribution in [0, 0.1) is 0 Å². The van der Waals surface area contributed by atoms with E-state index in [2.05, 4.69) is 5.43 Å². The fourth-order valence-corrected chi connectivity index (χ4v) is 0.498. The zero-order chi connectivity index (χ0) is 6.24. The van der Waals surface area contributed by atoms with Gasteiger partial charge in [-0.3, -0.25) is 15.7 Å². The molecule has 0 bridgehead atoms. The van der Waals surface area contributed by atoms with Crippen LogP contribution in [0.3, 0.4) is 0 Å². The van der Waals surface area contributed by atoms with Gasteiger partial charge in [-0.05, 0) is 19.3 Å². The summed E-state index contributed by atoms with van der Waals surface area (Å²) >= 11 is 0. The molecule has 0 aromatic rings. The van der Waals surface area contributed by atoms with Crippen LogP contribution in [-0.4, -0.2) is 13.2 Å². The Bertz CT molecular complexity index is 35.4. The highest BCUT2D eigenvalue weighted by Gasteiger charge is 1.84. The number of hydrogen-bond acceptors (Lipinski definition) is 2. The maximum Gasteiger partial charge on any atom is 0.0894 e. The van der Waals surface area contributed by atoms with Crippen molar-refractivity contribution >= 4 is 0 Å². The number of hydrogen-bond donors (Lipinski definition) is 2. The lowest BCUT2D eigenvalue weighted by atomic mass is 10.2. The first-order valence-electron chi connectivity index (χ1n) is 2.91. The van der Waals surface area contributed by atoms with Gasteiger partial charge in [0.25, 0.3) is 0 Å². The molecule has 0 spiro atoms. The zero-order valence-electron chi connectivity index (χ0n) is 4.99. The van der Waals surface area contributed by atoms with Crippen molar-refractivity contribution in [3.8, 4) is 0 Å². The summed E-state index contributed by atoms with van der Waals surface area (Å²) in [6, 6.07) is 0. The summed E-state index contributed by atoms with van der Waals surface area (Å²) in [5.41, 5.74) is 2.50. The predicted molar refractivity (Wildman–Crippen MR) is 32.0 cm³/mol. The summed E-state index contributed by atoms with van der Waals surface area (Å²) in [6.07, 6.45) is 2.57. The van der Waals surface area contributed by atoms with Crippen molar-refractivity contribution < 1.29 is 4.39 Å². The van der Waals surface area contributed by atoms with Crippen LogP contribution in [0.5, 0.6) is 0 Å². The Morgan fingerprint density at radius 3 is 2.50 bits per heavy atom. The molecule has 0 saturated heterocycles. The molecule has 0 atom stereocenters. The minimum Gasteiger partial charge on any atom is -0.271 e. The fourth-order valence-electron chi connectivity index (χ4n) is 0.498. The standard InChI is InChI=1S/C5H13FN2/c6-4-2-1-3-5-8-7/h8H,1-5,7H2. The molecule has 0 saturated carbocycles. The first kappa shape index (κ1) is 7.85. The van der Waals surface area contributed by atoms with Gasteiger partial charge in [0.15, 0.2) is 0 Å². The molecule has 2 nitrogen and oxygen atoms in total. The van der Waals surface area contributed by atoms with Gasteiger partial charge in [-0.2, -0.15) is 0 Å². The molecule has 3 N–H and O–H groups in total. The lowest BCUT2D eigenvalue weighted by Gasteiger charge is -1.94. The number of rotatable bonds is 5. The minimum absolute atomic E-state index is 0.204. The normalized spacial score (nSPS) is 9.75. The largest absolute Gasteiger partial charge is 0.271 e. The number of nitrogens with two attached hydrogens (primary N) is 1. The summed E-state index contributed by atoms with van der Waals surface area (Å²) in [6.45, 7) is 0.588. The molecule has 0 aliphatic heterocycles. The highest BCUT2D eigenvalue weighted by molar-refractivity contribution is 4.40. The average molecular weight is 120 g/mol. The van der Waals surface area contributed by atoms with Gasteiger partial charge in [0.1, 0.15) is 0 Å². The smallest absolute Gasteiger partial charge is 0.0894 e. The summed E-state index contributed by atoms with van der Waals surface area (Å²) in [4.78, 5) is 0. The molecule has 0 unspecified atom stereocenters. The third-order valence-electron chi connectivity index (χ3n) is 0.955. The van der Waals surface area contributed by atoms with Crippen LogP contribution in [-0.2, 0) is 0 Å². The molecule has 50 valence electrons. The molecule has 0 rings (SSSR count). The molecule has 3 heteroatoms. The summed E-state index contributed by atoms with van der Waals surface area (Å²) in [5, 5.41) is 0. The van der Waals surface area contributed by atoms with Crippen molar-refractivity contribution in [2.45, 2.75) is 19.3 Å². The van der Waals surface area contributed by atoms with Crippen LogP contribution in [0.1, 0.15) is 19.3 Å². The van der Waals surface area contributed by atoms with E-state index in [1.807, 2.05) is 0 Å². The highest BCUT2D eigenvalue weighted by atomic mass is 19.1. The molecule has 0 fully saturated rings. The average Bonchev–Trinajstić information content (AvgIpc) is 1.81. The molecular formula is C5H13FN2. The van der Waals surface area contributed by atoms with Crippen LogP contribution >= 0.6 is 0 Å². The summed E-state index contributed by atoms with van der Waals surface area (Å²) in [7, 11) is 0. The third-order valence-corrected chi connectivity index (χ3v) is 0.955. The van der Waals surface area contributed by atoms with Gasteiger partial charge in [-0.1, -0.05) is 0 Å². The Kier molecular flexibility index (Phi) is 6.72. The maximum atomic E-state index is 11.4. The van der Waals surface area contributed by atoms with Gasteiger partial charge in [0.2, 0.25) is 0 Å². The van der Waals surface area contributed by atoms with Crippen LogP contribution in [0.2, 0.25) is 0 Å². The number of hydrazine groups is 1. The summed E-state index contributed by atoms with van der Waals surface area (Å²) < 4.78 is 11.4. The van der Waals surface area contributed by atoms with Crippen LogP contribution < -0.4 is 11.3 Å². The van der Waals surface area contributed by atoms with Crippen LogP contribution in [0.25, 0.3) is 0 Å². The lowest BCUT2D eigenvalue weighted by Crippen LogP contribution is -2.22. The van der Waals surface area contributed by atoms with E-state index in [0.717, 1.165) is 19.4 Å². The van der Waals surface area contributed by atoms with E-state index in [4.69, 9.17) is 5.84 Å². The Morgan fingerprint density at radius 1 is 1.25 bits per heavy atom. The molecule has 0 amide bonds. The summed E-state index contributed by atoms with van der Waals surface area (Å²) in [5.74, 6) is 4.97. The van der Waals surface area contributed by atoms with E-state index in [0.29, 0.717) is 6.42 Å². The Labute approximate surface area is 49.2 Å². The van der Waals surface area contributed by atoms with Gasteiger partial charge in [-0.25, -0.2) is 0 Å². The van der Waals surface area contributed by atoms with E-state index in [9.17, 15) is 4.39 Å². The van der Waals surface area contributed by atoms with Crippen molar-refractivity contribution in [1.29, 1.82) is 0 Å². The first-order chi connectivity index (χ1) is 3.91. The first-order valence-corrected chi connectivity index (χ1v) is 2.91. The molecule has 0 aliphatic rings. The molecule has 0 aliphatic carbocycles. The second-order valence-electron chi connectivity index (χ2n) is 1.70. The van der Waals surface area contributed by atoms with E-state index < -0.39 is 0 Å². The van der Waals surface area contributed by atoms with E-state index >= 15 is 0 Å². The van der Waals surface area contributed by atoms with Gasteiger partial charge < -0.3 is 0 Å². The molecule has 0 heterocycles. The monoisotopic (exact) mass is 120 g/mol.